The Kier molecular flexibility index (Phi) is 60.0. The molecule has 0 radical (unpaired) electrons. The van der Waals surface area contributed by atoms with E-state index >= 15 is 0 Å². The van der Waals surface area contributed by atoms with Crippen LogP contribution in [0.2, 0.25) is 0 Å². The van der Waals surface area contributed by atoms with Gasteiger partial charge in [0.25, 0.3) is 0 Å². The first-order valence-corrected chi connectivity index (χ1v) is 31.1. The lowest BCUT2D eigenvalue weighted by molar-refractivity contribution is -0.167. The van der Waals surface area contributed by atoms with Crippen LogP contribution in [0.15, 0.2) is 170 Å². The van der Waals surface area contributed by atoms with E-state index < -0.39 is 6.10 Å². The van der Waals surface area contributed by atoms with Crippen molar-refractivity contribution in [1.29, 1.82) is 0 Å². The van der Waals surface area contributed by atoms with Crippen LogP contribution >= 0.6 is 0 Å². The second-order valence-electron chi connectivity index (χ2n) is 19.8. The molecule has 78 heavy (non-hydrogen) atoms. The van der Waals surface area contributed by atoms with E-state index in [1.165, 1.54) is 32.1 Å². The van der Waals surface area contributed by atoms with Gasteiger partial charge in [-0.25, -0.2) is 0 Å². The molecule has 0 fully saturated rings. The smallest absolute Gasteiger partial charge is 0.306 e. The summed E-state index contributed by atoms with van der Waals surface area (Å²) in [5, 5.41) is 0. The second kappa shape index (κ2) is 64.3. The van der Waals surface area contributed by atoms with Gasteiger partial charge in [-0.3, -0.25) is 14.4 Å². The fourth-order valence-corrected chi connectivity index (χ4v) is 7.83. The summed E-state index contributed by atoms with van der Waals surface area (Å²) in [6.07, 6.45) is 95.0. The monoisotopic (exact) mass is 1070 g/mol. The maximum absolute atomic E-state index is 12.9. The van der Waals surface area contributed by atoms with Gasteiger partial charge in [0.1, 0.15) is 13.2 Å². The average Bonchev–Trinajstić information content (AvgIpc) is 3.44. The number of hydrogen-bond donors (Lipinski definition) is 0. The summed E-state index contributed by atoms with van der Waals surface area (Å²) in [6.45, 7) is 6.31. The highest BCUT2D eigenvalue weighted by Gasteiger charge is 2.19. The zero-order chi connectivity index (χ0) is 56.4. The minimum atomic E-state index is -0.817. The molecule has 0 spiro atoms. The van der Waals surface area contributed by atoms with Gasteiger partial charge in [-0.05, 0) is 154 Å². The zero-order valence-electron chi connectivity index (χ0n) is 49.9. The van der Waals surface area contributed by atoms with Gasteiger partial charge in [-0.15, -0.1) is 0 Å². The van der Waals surface area contributed by atoms with Crippen molar-refractivity contribution in [3.05, 3.63) is 170 Å². The van der Waals surface area contributed by atoms with Gasteiger partial charge in [0, 0.05) is 19.3 Å². The lowest BCUT2D eigenvalue weighted by Crippen LogP contribution is -2.30. The van der Waals surface area contributed by atoms with Crippen molar-refractivity contribution in [1.82, 2.24) is 0 Å². The quantitative estimate of drug-likeness (QED) is 0.0261. The van der Waals surface area contributed by atoms with Gasteiger partial charge >= 0.3 is 17.9 Å². The van der Waals surface area contributed by atoms with Crippen molar-refractivity contribution in [2.24, 2.45) is 0 Å². The van der Waals surface area contributed by atoms with E-state index in [0.717, 1.165) is 167 Å². The third-order valence-corrected chi connectivity index (χ3v) is 12.4. The van der Waals surface area contributed by atoms with Crippen LogP contribution in [-0.4, -0.2) is 37.2 Å². The summed E-state index contributed by atoms with van der Waals surface area (Å²) in [6, 6.07) is 0. The van der Waals surface area contributed by atoms with Gasteiger partial charge in [-0.2, -0.15) is 0 Å². The summed E-state index contributed by atoms with van der Waals surface area (Å²) in [4.78, 5) is 38.2. The number of carbonyl (C=O) groups is 3. The normalized spacial score (nSPS) is 13.3. The number of allylic oxidation sites excluding steroid dienone is 28. The molecule has 0 aliphatic heterocycles. The zero-order valence-corrected chi connectivity index (χ0v) is 49.9. The molecular weight excluding hydrogens is 961 g/mol. The van der Waals surface area contributed by atoms with Gasteiger partial charge in [-0.1, -0.05) is 242 Å². The summed E-state index contributed by atoms with van der Waals surface area (Å²) in [5.41, 5.74) is 0. The SMILES string of the molecule is CC/C=C\C/C=C\C/C=C\C/C=C\C/C=C\C/C=C\C/C=C\C/C=C\C/C=C\C/C=C\CCCCC(=O)OCC(COC(=O)CCCCCCC/C=C\CCCCC)OC(=O)CCCCCCC/C=C\C/C=C\C/C=C\CC. The molecule has 0 amide bonds. The second-order valence-corrected chi connectivity index (χ2v) is 19.8. The molecule has 0 aromatic heterocycles. The fraction of sp³-hybridized carbons (Fsp3) is 0.569. The molecule has 0 aliphatic rings. The van der Waals surface area contributed by atoms with Crippen LogP contribution in [0.1, 0.15) is 245 Å². The van der Waals surface area contributed by atoms with Crippen molar-refractivity contribution in [3.63, 3.8) is 0 Å². The van der Waals surface area contributed by atoms with Crippen LogP contribution < -0.4 is 0 Å². The van der Waals surface area contributed by atoms with E-state index in [1.54, 1.807) is 0 Å². The fourth-order valence-electron chi connectivity index (χ4n) is 7.83. The first-order chi connectivity index (χ1) is 38.5. The molecule has 1 unspecified atom stereocenters. The molecule has 0 aromatic rings. The minimum Gasteiger partial charge on any atom is -0.462 e. The molecule has 0 heterocycles. The molecule has 0 aliphatic carbocycles. The Hall–Kier alpha value is -5.23. The summed E-state index contributed by atoms with van der Waals surface area (Å²) < 4.78 is 16.8. The predicted octanol–water partition coefficient (Wildman–Crippen LogP) is 21.5. The van der Waals surface area contributed by atoms with E-state index in [1.807, 2.05) is 0 Å². The Morgan fingerprint density at radius 3 is 0.821 bits per heavy atom. The van der Waals surface area contributed by atoms with Crippen LogP contribution in [-0.2, 0) is 28.6 Å². The van der Waals surface area contributed by atoms with E-state index in [0.29, 0.717) is 12.8 Å². The molecule has 0 rings (SSSR count). The molecule has 0 N–H and O–H groups in total. The Balaban J connectivity index is 4.39. The van der Waals surface area contributed by atoms with Crippen LogP contribution in [0.25, 0.3) is 0 Å². The third-order valence-electron chi connectivity index (χ3n) is 12.4. The molecule has 436 valence electrons. The van der Waals surface area contributed by atoms with Crippen LogP contribution in [0.3, 0.4) is 0 Å². The summed E-state index contributed by atoms with van der Waals surface area (Å²) in [5.74, 6) is -0.990. The number of esters is 3. The highest BCUT2D eigenvalue weighted by atomic mass is 16.6. The Morgan fingerprint density at radius 1 is 0.269 bits per heavy atom. The first-order valence-electron chi connectivity index (χ1n) is 31.1. The first kappa shape index (κ1) is 72.8. The largest absolute Gasteiger partial charge is 0.462 e. The number of hydrogen-bond acceptors (Lipinski definition) is 6. The molecule has 1 atom stereocenters. The van der Waals surface area contributed by atoms with Gasteiger partial charge < -0.3 is 14.2 Å². The van der Waals surface area contributed by atoms with E-state index in [2.05, 4.69) is 191 Å². The van der Waals surface area contributed by atoms with Crippen LogP contribution in [0.5, 0.6) is 0 Å². The third kappa shape index (κ3) is 61.6. The molecule has 0 saturated carbocycles. The number of carbonyl (C=O) groups excluding carboxylic acids is 3. The Labute approximate surface area is 479 Å². The van der Waals surface area contributed by atoms with Gasteiger partial charge in [0.2, 0.25) is 0 Å². The molecular formula is C72H112O6. The highest BCUT2D eigenvalue weighted by molar-refractivity contribution is 5.71. The Bertz CT molecular complexity index is 1810. The lowest BCUT2D eigenvalue weighted by Gasteiger charge is -2.18. The van der Waals surface area contributed by atoms with Gasteiger partial charge in [0.05, 0.1) is 0 Å². The predicted molar refractivity (Wildman–Crippen MR) is 338 cm³/mol. The van der Waals surface area contributed by atoms with Crippen molar-refractivity contribution in [2.45, 2.75) is 252 Å². The number of rotatable bonds is 54. The molecule has 0 aromatic carbocycles. The van der Waals surface area contributed by atoms with Crippen LogP contribution in [0.4, 0.5) is 0 Å². The highest BCUT2D eigenvalue weighted by Crippen LogP contribution is 2.13. The van der Waals surface area contributed by atoms with Crippen LogP contribution in [0, 0.1) is 0 Å². The Morgan fingerprint density at radius 2 is 0.500 bits per heavy atom. The van der Waals surface area contributed by atoms with Gasteiger partial charge in [0.15, 0.2) is 6.10 Å². The standard InChI is InChI=1S/C72H112O6/c1-4-7-10-13-16-19-22-25-27-28-29-30-31-32-33-34-35-36-37-38-39-40-41-42-43-44-46-47-50-53-56-59-62-65-71(74)77-68-69(67-76-70(73)64-61-58-55-52-49-24-21-18-15-12-9-6-3)78-72(75)66-63-60-57-54-51-48-45-26-23-20-17-14-11-8-5-2/h7-8,10-11,16-21,25-27,29-30,32-33,35-36,38-39,41-42,44-46,50,53,69H,4-6,9,12-15,22-24,28,31,34,37,40,43,47-49,51-52,54-68H2,1-3H3/b10-7-,11-8-,19-16-,20-17-,21-18-,27-25-,30-29-,33-32-,36-35-,39-38-,42-41-,45-26-,46-44-,53-50-. The topological polar surface area (TPSA) is 78.9 Å². The molecule has 6 nitrogen and oxygen atoms in total. The van der Waals surface area contributed by atoms with Crippen molar-refractivity contribution < 1.29 is 28.6 Å². The van der Waals surface area contributed by atoms with E-state index in [4.69, 9.17) is 14.2 Å². The van der Waals surface area contributed by atoms with Crippen molar-refractivity contribution >= 4 is 17.9 Å². The molecule has 0 saturated heterocycles. The molecule has 6 heteroatoms. The van der Waals surface area contributed by atoms with E-state index in [-0.39, 0.29) is 44.0 Å². The summed E-state index contributed by atoms with van der Waals surface area (Å²) >= 11 is 0. The average molecular weight is 1070 g/mol. The van der Waals surface area contributed by atoms with E-state index in [9.17, 15) is 14.4 Å². The maximum atomic E-state index is 12.9. The minimum absolute atomic E-state index is 0.110. The number of ether oxygens (including phenoxy) is 3. The number of unbranched alkanes of at least 4 members (excludes halogenated alkanes) is 15. The maximum Gasteiger partial charge on any atom is 0.306 e. The van der Waals surface area contributed by atoms with Crippen molar-refractivity contribution in [3.8, 4) is 0 Å². The lowest BCUT2D eigenvalue weighted by atomic mass is 10.1. The van der Waals surface area contributed by atoms with Crippen molar-refractivity contribution in [2.75, 3.05) is 13.2 Å². The molecule has 0 bridgehead atoms. The summed E-state index contributed by atoms with van der Waals surface area (Å²) in [7, 11) is 0.